The molecule has 0 saturated heterocycles. The summed E-state index contributed by atoms with van der Waals surface area (Å²) in [5, 5.41) is 0. The topological polar surface area (TPSA) is 17.8 Å². The van der Waals surface area contributed by atoms with Gasteiger partial charge in [0.2, 0.25) is 5.82 Å². The van der Waals surface area contributed by atoms with E-state index in [4.69, 9.17) is 0 Å². The molecule has 120 valence electrons. The number of aryl methyl sites for hydroxylation is 3. The number of fused-ring (bicyclic) bond motifs is 1. The molecule has 0 aliphatic carbocycles. The number of rotatable bonds is 2. The van der Waals surface area contributed by atoms with E-state index in [9.17, 15) is 13.2 Å². The number of hydrogen-bond donors (Lipinski definition) is 0. The van der Waals surface area contributed by atoms with E-state index in [1.165, 1.54) is 4.57 Å². The van der Waals surface area contributed by atoms with E-state index in [1.54, 1.807) is 24.3 Å². The molecular weight excluding hydrogens is 301 g/mol. The Kier molecular flexibility index (Phi) is 3.66. The second kappa shape index (κ2) is 5.41. The van der Waals surface area contributed by atoms with Crippen LogP contribution in [0.4, 0.5) is 13.2 Å². The first-order valence-corrected chi connectivity index (χ1v) is 7.36. The second-order valence-electron chi connectivity index (χ2n) is 5.89. The van der Waals surface area contributed by atoms with E-state index in [0.29, 0.717) is 11.0 Å². The third-order valence-corrected chi connectivity index (χ3v) is 4.06. The highest BCUT2D eigenvalue weighted by Crippen LogP contribution is 2.32. The molecule has 2 aromatic carbocycles. The zero-order valence-electron chi connectivity index (χ0n) is 13.2. The molecule has 2 nitrogen and oxygen atoms in total. The van der Waals surface area contributed by atoms with Crippen molar-refractivity contribution in [1.29, 1.82) is 0 Å². The second-order valence-corrected chi connectivity index (χ2v) is 5.89. The predicted molar refractivity (Wildman–Crippen MR) is 84.5 cm³/mol. The van der Waals surface area contributed by atoms with Crippen LogP contribution in [-0.2, 0) is 12.7 Å². The van der Waals surface area contributed by atoms with Crippen LogP contribution in [0.5, 0.6) is 0 Å². The van der Waals surface area contributed by atoms with Crippen molar-refractivity contribution in [2.75, 3.05) is 0 Å². The van der Waals surface area contributed by atoms with Gasteiger partial charge in [0.25, 0.3) is 0 Å². The molecule has 0 amide bonds. The molecule has 0 spiro atoms. The maximum Gasteiger partial charge on any atom is 0.449 e. The van der Waals surface area contributed by atoms with Gasteiger partial charge in [-0.25, -0.2) is 4.98 Å². The standard InChI is InChI=1S/C18H17F3N2/c1-11-8-12(2)14(13(3)9-11)10-23-16-7-5-4-6-15(16)22-17(23)18(19,20)21/h4-9H,10H2,1-3H3. The van der Waals surface area contributed by atoms with Gasteiger partial charge < -0.3 is 4.57 Å². The first kappa shape index (κ1) is 15.6. The number of nitrogens with zero attached hydrogens (tertiary/aromatic N) is 2. The van der Waals surface area contributed by atoms with Gasteiger partial charge in [0, 0.05) is 0 Å². The molecule has 0 saturated carbocycles. The third kappa shape index (κ3) is 2.83. The van der Waals surface area contributed by atoms with E-state index in [1.807, 2.05) is 32.9 Å². The molecule has 0 unspecified atom stereocenters. The minimum Gasteiger partial charge on any atom is -0.316 e. The maximum absolute atomic E-state index is 13.4. The molecule has 0 aliphatic rings. The van der Waals surface area contributed by atoms with Crippen LogP contribution in [0.25, 0.3) is 11.0 Å². The highest BCUT2D eigenvalue weighted by Gasteiger charge is 2.37. The zero-order chi connectivity index (χ0) is 16.8. The Bertz CT molecular complexity index is 853. The average molecular weight is 318 g/mol. The monoisotopic (exact) mass is 318 g/mol. The fraction of sp³-hybridized carbons (Fsp3) is 0.278. The summed E-state index contributed by atoms with van der Waals surface area (Å²) in [4.78, 5) is 3.79. The van der Waals surface area contributed by atoms with E-state index in [0.717, 1.165) is 22.3 Å². The molecule has 0 N–H and O–H groups in total. The van der Waals surface area contributed by atoms with Gasteiger partial charge >= 0.3 is 6.18 Å². The summed E-state index contributed by atoms with van der Waals surface area (Å²) < 4.78 is 41.4. The van der Waals surface area contributed by atoms with Crippen molar-refractivity contribution in [3.05, 3.63) is 64.5 Å². The largest absolute Gasteiger partial charge is 0.449 e. The Labute approximate surface area is 132 Å². The number of alkyl halides is 3. The van der Waals surface area contributed by atoms with E-state index in [2.05, 4.69) is 4.98 Å². The van der Waals surface area contributed by atoms with Crippen LogP contribution < -0.4 is 0 Å². The SMILES string of the molecule is Cc1cc(C)c(Cn2c(C(F)(F)F)nc3ccccc32)c(C)c1. The predicted octanol–water partition coefficient (Wildman–Crippen LogP) is 5.03. The van der Waals surface area contributed by atoms with Crippen molar-refractivity contribution in [1.82, 2.24) is 9.55 Å². The van der Waals surface area contributed by atoms with Crippen molar-refractivity contribution >= 4 is 11.0 Å². The zero-order valence-corrected chi connectivity index (χ0v) is 13.2. The molecule has 0 atom stereocenters. The molecule has 1 heterocycles. The van der Waals surface area contributed by atoms with Gasteiger partial charge in [-0.2, -0.15) is 13.2 Å². The van der Waals surface area contributed by atoms with Gasteiger partial charge in [-0.3, -0.25) is 0 Å². The molecule has 1 aromatic heterocycles. The van der Waals surface area contributed by atoms with E-state index >= 15 is 0 Å². The first-order valence-electron chi connectivity index (χ1n) is 7.36. The van der Waals surface area contributed by atoms with Crippen molar-refractivity contribution in [2.24, 2.45) is 0 Å². The van der Waals surface area contributed by atoms with Crippen LogP contribution >= 0.6 is 0 Å². The Morgan fingerprint density at radius 3 is 2.22 bits per heavy atom. The Hall–Kier alpha value is -2.30. The number of para-hydroxylation sites is 2. The molecule has 3 rings (SSSR count). The molecule has 0 bridgehead atoms. The number of benzene rings is 2. The average Bonchev–Trinajstić information content (AvgIpc) is 2.81. The maximum atomic E-state index is 13.4. The summed E-state index contributed by atoms with van der Waals surface area (Å²) >= 11 is 0. The van der Waals surface area contributed by atoms with Crippen molar-refractivity contribution in [2.45, 2.75) is 33.5 Å². The van der Waals surface area contributed by atoms with Crippen LogP contribution in [0.2, 0.25) is 0 Å². The molecule has 0 aliphatic heterocycles. The number of halogens is 3. The molecule has 5 heteroatoms. The molecule has 0 radical (unpaired) electrons. The Morgan fingerprint density at radius 1 is 1.00 bits per heavy atom. The van der Waals surface area contributed by atoms with Gasteiger partial charge in [-0.15, -0.1) is 0 Å². The van der Waals surface area contributed by atoms with Crippen LogP contribution in [0.15, 0.2) is 36.4 Å². The van der Waals surface area contributed by atoms with Crippen molar-refractivity contribution < 1.29 is 13.2 Å². The minimum absolute atomic E-state index is 0.160. The molecular formula is C18H17F3N2. The van der Waals surface area contributed by atoms with Crippen LogP contribution in [0.3, 0.4) is 0 Å². The van der Waals surface area contributed by atoms with Crippen molar-refractivity contribution in [3.63, 3.8) is 0 Å². The summed E-state index contributed by atoms with van der Waals surface area (Å²) in [6.45, 7) is 6.01. The fourth-order valence-electron chi connectivity index (χ4n) is 3.07. The molecule has 3 aromatic rings. The lowest BCUT2D eigenvalue weighted by molar-refractivity contribution is -0.146. The van der Waals surface area contributed by atoms with Gasteiger partial charge in [-0.1, -0.05) is 29.8 Å². The minimum atomic E-state index is -4.48. The smallest absolute Gasteiger partial charge is 0.316 e. The summed E-state index contributed by atoms with van der Waals surface area (Å²) in [5.41, 5.74) is 4.86. The highest BCUT2D eigenvalue weighted by molar-refractivity contribution is 5.76. The lowest BCUT2D eigenvalue weighted by atomic mass is 9.99. The number of aromatic nitrogens is 2. The van der Waals surface area contributed by atoms with Crippen LogP contribution in [0.1, 0.15) is 28.1 Å². The van der Waals surface area contributed by atoms with E-state index in [-0.39, 0.29) is 6.54 Å². The lowest BCUT2D eigenvalue weighted by Crippen LogP contribution is -2.16. The number of imidazole rings is 1. The summed E-state index contributed by atoms with van der Waals surface area (Å²) in [5.74, 6) is -0.849. The van der Waals surface area contributed by atoms with Gasteiger partial charge in [0.15, 0.2) is 0 Å². The molecule has 0 fully saturated rings. The summed E-state index contributed by atoms with van der Waals surface area (Å²) in [6, 6.07) is 10.7. The van der Waals surface area contributed by atoms with Gasteiger partial charge in [0.05, 0.1) is 17.6 Å². The summed E-state index contributed by atoms with van der Waals surface area (Å²) in [6.07, 6.45) is -4.48. The quantitative estimate of drug-likeness (QED) is 0.648. The normalized spacial score (nSPS) is 12.1. The fourth-order valence-corrected chi connectivity index (χ4v) is 3.07. The Balaban J connectivity index is 2.20. The van der Waals surface area contributed by atoms with Crippen LogP contribution in [-0.4, -0.2) is 9.55 Å². The Morgan fingerprint density at radius 2 is 1.61 bits per heavy atom. The van der Waals surface area contributed by atoms with Crippen LogP contribution in [0, 0.1) is 20.8 Å². The van der Waals surface area contributed by atoms with Gasteiger partial charge in [-0.05, 0) is 49.6 Å². The summed E-state index contributed by atoms with van der Waals surface area (Å²) in [7, 11) is 0. The highest BCUT2D eigenvalue weighted by atomic mass is 19.4. The number of hydrogen-bond acceptors (Lipinski definition) is 1. The van der Waals surface area contributed by atoms with E-state index < -0.39 is 12.0 Å². The third-order valence-electron chi connectivity index (χ3n) is 4.06. The van der Waals surface area contributed by atoms with Crippen molar-refractivity contribution in [3.8, 4) is 0 Å². The molecule has 23 heavy (non-hydrogen) atoms. The van der Waals surface area contributed by atoms with Gasteiger partial charge in [0.1, 0.15) is 0 Å². The first-order chi connectivity index (χ1) is 10.8. The lowest BCUT2D eigenvalue weighted by Gasteiger charge is -2.16.